The summed E-state index contributed by atoms with van der Waals surface area (Å²) >= 11 is 0. The number of ether oxygens (including phenoxy) is 1. The number of hydrogen-bond donors (Lipinski definition) is 2. The summed E-state index contributed by atoms with van der Waals surface area (Å²) in [6, 6.07) is 8.06. The van der Waals surface area contributed by atoms with E-state index in [1.165, 1.54) is 12.3 Å². The summed E-state index contributed by atoms with van der Waals surface area (Å²) in [6.45, 7) is 1.67. The predicted octanol–water partition coefficient (Wildman–Crippen LogP) is 1.67. The van der Waals surface area contributed by atoms with Gasteiger partial charge < -0.3 is 9.15 Å². The van der Waals surface area contributed by atoms with Gasteiger partial charge >= 0.3 is 0 Å². The molecule has 0 saturated heterocycles. The molecule has 2 rings (SSSR count). The van der Waals surface area contributed by atoms with Crippen LogP contribution in [0.25, 0.3) is 0 Å². The molecule has 0 bridgehead atoms. The van der Waals surface area contributed by atoms with Gasteiger partial charge in [-0.15, -0.1) is 0 Å². The summed E-state index contributed by atoms with van der Waals surface area (Å²) in [5, 5.41) is 0. The smallest absolute Gasteiger partial charge is 0.273 e. The number of carbonyl (C=O) groups excluding carboxylic acids is 2. The number of aryl methyl sites for hydroxylation is 1. The highest BCUT2D eigenvalue weighted by molar-refractivity contribution is 5.99. The van der Waals surface area contributed by atoms with Crippen LogP contribution in [0.3, 0.4) is 0 Å². The number of rotatable bonds is 3. The third-order valence-electron chi connectivity index (χ3n) is 2.75. The first-order valence-corrected chi connectivity index (χ1v) is 5.90. The monoisotopic (exact) mass is 274 g/mol. The zero-order valence-electron chi connectivity index (χ0n) is 11.1. The SMILES string of the molecule is COc1ccc(C(=O)NNC(=O)c2ccoc2C)cc1. The summed E-state index contributed by atoms with van der Waals surface area (Å²) in [5.74, 6) is 0.293. The lowest BCUT2D eigenvalue weighted by Crippen LogP contribution is -2.41. The van der Waals surface area contributed by atoms with E-state index in [1.54, 1.807) is 38.3 Å². The molecule has 0 atom stereocenters. The van der Waals surface area contributed by atoms with E-state index in [4.69, 9.17) is 9.15 Å². The average Bonchev–Trinajstić information content (AvgIpc) is 2.90. The molecule has 1 aromatic heterocycles. The molecule has 0 unspecified atom stereocenters. The summed E-state index contributed by atoms with van der Waals surface area (Å²) < 4.78 is 10.0. The molecule has 6 nitrogen and oxygen atoms in total. The molecule has 0 aliphatic rings. The van der Waals surface area contributed by atoms with Crippen molar-refractivity contribution in [2.45, 2.75) is 6.92 Å². The van der Waals surface area contributed by atoms with Crippen LogP contribution < -0.4 is 15.6 Å². The highest BCUT2D eigenvalue weighted by atomic mass is 16.5. The summed E-state index contributed by atoms with van der Waals surface area (Å²) in [5.41, 5.74) is 5.44. The fourth-order valence-corrected chi connectivity index (χ4v) is 1.62. The third-order valence-corrected chi connectivity index (χ3v) is 2.75. The molecule has 0 fully saturated rings. The number of methoxy groups -OCH3 is 1. The second-order valence-corrected chi connectivity index (χ2v) is 4.03. The first-order valence-electron chi connectivity index (χ1n) is 5.90. The first kappa shape index (κ1) is 13.7. The molecule has 104 valence electrons. The van der Waals surface area contributed by atoms with Gasteiger partial charge in [0.15, 0.2) is 0 Å². The van der Waals surface area contributed by atoms with Crippen molar-refractivity contribution in [3.8, 4) is 5.75 Å². The molecule has 0 spiro atoms. The van der Waals surface area contributed by atoms with Crippen molar-refractivity contribution in [2.75, 3.05) is 7.11 Å². The van der Waals surface area contributed by atoms with Crippen LogP contribution in [0.4, 0.5) is 0 Å². The average molecular weight is 274 g/mol. The number of hydrazine groups is 1. The minimum Gasteiger partial charge on any atom is -0.497 e. The Bertz CT molecular complexity index is 616. The van der Waals surface area contributed by atoms with Gasteiger partial charge in [0.05, 0.1) is 18.9 Å². The number of benzene rings is 1. The van der Waals surface area contributed by atoms with Crippen LogP contribution in [0.15, 0.2) is 41.0 Å². The molecule has 1 aromatic carbocycles. The quantitative estimate of drug-likeness (QED) is 0.834. The summed E-state index contributed by atoms with van der Waals surface area (Å²) in [6.07, 6.45) is 1.41. The van der Waals surface area contributed by atoms with E-state index in [-0.39, 0.29) is 0 Å². The van der Waals surface area contributed by atoms with E-state index in [2.05, 4.69) is 10.9 Å². The lowest BCUT2D eigenvalue weighted by molar-refractivity contribution is 0.0845. The fraction of sp³-hybridized carbons (Fsp3) is 0.143. The van der Waals surface area contributed by atoms with Crippen molar-refractivity contribution >= 4 is 11.8 Å². The molecule has 0 saturated carbocycles. The molecular weight excluding hydrogens is 260 g/mol. The molecule has 2 amide bonds. The molecule has 2 N–H and O–H groups in total. The minimum absolute atomic E-state index is 0.375. The standard InChI is InChI=1S/C14H14N2O4/c1-9-12(7-8-20-9)14(18)16-15-13(17)10-3-5-11(19-2)6-4-10/h3-8H,1-2H3,(H,15,17)(H,16,18). The van der Waals surface area contributed by atoms with Crippen LogP contribution in [0.1, 0.15) is 26.5 Å². The van der Waals surface area contributed by atoms with Gasteiger partial charge in [0.25, 0.3) is 11.8 Å². The van der Waals surface area contributed by atoms with Gasteiger partial charge in [0, 0.05) is 5.56 Å². The van der Waals surface area contributed by atoms with Crippen molar-refractivity contribution in [3.63, 3.8) is 0 Å². The Morgan fingerprint density at radius 2 is 1.70 bits per heavy atom. The van der Waals surface area contributed by atoms with Crippen LogP contribution >= 0.6 is 0 Å². The Kier molecular flexibility index (Phi) is 4.05. The van der Waals surface area contributed by atoms with Crippen molar-refractivity contribution in [3.05, 3.63) is 53.5 Å². The molecule has 1 heterocycles. The highest BCUT2D eigenvalue weighted by Crippen LogP contribution is 2.11. The topological polar surface area (TPSA) is 80.6 Å². The van der Waals surface area contributed by atoms with Gasteiger partial charge in [0.2, 0.25) is 0 Å². The first-order chi connectivity index (χ1) is 9.61. The minimum atomic E-state index is -0.432. The van der Waals surface area contributed by atoms with Gasteiger partial charge in [-0.25, -0.2) is 0 Å². The molecule has 2 aromatic rings. The lowest BCUT2D eigenvalue weighted by Gasteiger charge is -2.07. The van der Waals surface area contributed by atoms with E-state index < -0.39 is 11.8 Å². The summed E-state index contributed by atoms with van der Waals surface area (Å²) in [4.78, 5) is 23.6. The normalized spacial score (nSPS) is 9.90. The molecule has 6 heteroatoms. The Balaban J connectivity index is 1.95. The maximum Gasteiger partial charge on any atom is 0.273 e. The summed E-state index contributed by atoms with van der Waals surface area (Å²) in [7, 11) is 1.54. The number of nitrogens with one attached hydrogen (secondary N) is 2. The third kappa shape index (κ3) is 2.97. The van der Waals surface area contributed by atoms with E-state index in [1.807, 2.05) is 0 Å². The second-order valence-electron chi connectivity index (χ2n) is 4.03. The lowest BCUT2D eigenvalue weighted by atomic mass is 10.2. The molecule has 0 aliphatic carbocycles. The van der Waals surface area contributed by atoms with Gasteiger partial charge in [-0.3, -0.25) is 20.4 Å². The van der Waals surface area contributed by atoms with Gasteiger partial charge in [0.1, 0.15) is 11.5 Å². The van der Waals surface area contributed by atoms with Crippen LogP contribution in [-0.4, -0.2) is 18.9 Å². The fourth-order valence-electron chi connectivity index (χ4n) is 1.62. The maximum absolute atomic E-state index is 11.8. The largest absolute Gasteiger partial charge is 0.497 e. The van der Waals surface area contributed by atoms with Crippen molar-refractivity contribution in [1.82, 2.24) is 10.9 Å². The van der Waals surface area contributed by atoms with Gasteiger partial charge in [-0.1, -0.05) is 0 Å². The van der Waals surface area contributed by atoms with Crippen LogP contribution in [-0.2, 0) is 0 Å². The molecule has 0 radical (unpaired) electrons. The Morgan fingerprint density at radius 1 is 1.05 bits per heavy atom. The number of amides is 2. The molecule has 20 heavy (non-hydrogen) atoms. The Labute approximate surface area is 115 Å². The molecule has 0 aliphatic heterocycles. The second kappa shape index (κ2) is 5.92. The van der Waals surface area contributed by atoms with Crippen molar-refractivity contribution in [2.24, 2.45) is 0 Å². The van der Waals surface area contributed by atoms with Crippen LogP contribution in [0, 0.1) is 6.92 Å². The van der Waals surface area contributed by atoms with Crippen LogP contribution in [0.5, 0.6) is 5.75 Å². The van der Waals surface area contributed by atoms with Gasteiger partial charge in [-0.05, 0) is 37.3 Å². The predicted molar refractivity (Wildman–Crippen MR) is 71.4 cm³/mol. The van der Waals surface area contributed by atoms with E-state index >= 15 is 0 Å². The number of carbonyl (C=O) groups is 2. The zero-order chi connectivity index (χ0) is 14.5. The highest BCUT2D eigenvalue weighted by Gasteiger charge is 2.12. The van der Waals surface area contributed by atoms with Crippen molar-refractivity contribution < 1.29 is 18.7 Å². The Morgan fingerprint density at radius 3 is 2.25 bits per heavy atom. The molecular formula is C14H14N2O4. The number of furan rings is 1. The van der Waals surface area contributed by atoms with E-state index in [0.29, 0.717) is 22.6 Å². The number of hydrogen-bond acceptors (Lipinski definition) is 4. The zero-order valence-corrected chi connectivity index (χ0v) is 11.1. The van der Waals surface area contributed by atoms with Crippen LogP contribution in [0.2, 0.25) is 0 Å². The van der Waals surface area contributed by atoms with Gasteiger partial charge in [-0.2, -0.15) is 0 Å². The Hall–Kier alpha value is -2.76. The van der Waals surface area contributed by atoms with Crippen molar-refractivity contribution in [1.29, 1.82) is 0 Å². The maximum atomic E-state index is 11.8. The van der Waals surface area contributed by atoms with E-state index in [0.717, 1.165) is 0 Å². The van der Waals surface area contributed by atoms with E-state index in [9.17, 15) is 9.59 Å².